The van der Waals surface area contributed by atoms with Gasteiger partial charge in [-0.3, -0.25) is 14.3 Å². The van der Waals surface area contributed by atoms with Gasteiger partial charge in [-0.15, -0.1) is 0 Å². The van der Waals surface area contributed by atoms with Crippen LogP contribution in [0.4, 0.5) is 11.4 Å². The Morgan fingerprint density at radius 2 is 2.04 bits per heavy atom. The van der Waals surface area contributed by atoms with E-state index >= 15 is 0 Å². The smallest absolute Gasteiger partial charge is 0.331 e. The number of carboxylic acid groups (broad SMARTS) is 1. The Labute approximate surface area is 161 Å². The van der Waals surface area contributed by atoms with Crippen molar-refractivity contribution in [2.45, 2.75) is 25.8 Å². The zero-order valence-corrected chi connectivity index (χ0v) is 15.9. The number of benzene rings is 1. The van der Waals surface area contributed by atoms with Crippen molar-refractivity contribution in [1.82, 2.24) is 9.78 Å². The number of carboxylic acids is 1. The van der Waals surface area contributed by atoms with Crippen molar-refractivity contribution < 1.29 is 24.2 Å². The first-order valence-electron chi connectivity index (χ1n) is 8.77. The molecular formula is C19H22N4O5. The SMILES string of the molecule is COc1ccccc1N1CC(C(=O)Nc2cnn(C(C)(C)C(=O)O)c2)CC1=O. The fourth-order valence-corrected chi connectivity index (χ4v) is 3.00. The highest BCUT2D eigenvalue weighted by Crippen LogP contribution is 2.33. The minimum absolute atomic E-state index is 0.0820. The monoisotopic (exact) mass is 386 g/mol. The number of nitrogens with one attached hydrogen (secondary N) is 1. The second kappa shape index (κ2) is 7.34. The van der Waals surface area contributed by atoms with Crippen LogP contribution in [-0.4, -0.2) is 46.3 Å². The summed E-state index contributed by atoms with van der Waals surface area (Å²) < 4.78 is 6.57. The molecule has 9 heteroatoms. The fraction of sp³-hybridized carbons (Fsp3) is 0.368. The standard InChI is InChI=1S/C19H22N4O5/c1-19(2,18(26)27)23-11-13(9-20-23)21-17(25)12-8-16(24)22(10-12)14-6-4-5-7-15(14)28-3/h4-7,9,11-12H,8,10H2,1-3H3,(H,21,25)(H,26,27). The summed E-state index contributed by atoms with van der Waals surface area (Å²) in [6, 6.07) is 7.14. The number of para-hydroxylation sites is 2. The molecule has 0 saturated carbocycles. The third-order valence-electron chi connectivity index (χ3n) is 4.82. The Morgan fingerprint density at radius 1 is 1.32 bits per heavy atom. The van der Waals surface area contributed by atoms with Crippen LogP contribution in [0.2, 0.25) is 0 Å². The maximum absolute atomic E-state index is 12.6. The molecule has 1 aromatic carbocycles. The molecule has 2 N–H and O–H groups in total. The number of hydrogen-bond acceptors (Lipinski definition) is 5. The molecule has 0 aliphatic carbocycles. The Bertz CT molecular complexity index is 921. The summed E-state index contributed by atoms with van der Waals surface area (Å²) in [6.07, 6.45) is 2.93. The number of amides is 2. The molecule has 148 valence electrons. The summed E-state index contributed by atoms with van der Waals surface area (Å²) in [7, 11) is 1.53. The average Bonchev–Trinajstić information content (AvgIpc) is 3.28. The Hall–Kier alpha value is -3.36. The molecule has 9 nitrogen and oxygen atoms in total. The van der Waals surface area contributed by atoms with Gasteiger partial charge in [0.15, 0.2) is 5.54 Å². The predicted molar refractivity (Wildman–Crippen MR) is 101 cm³/mol. The maximum Gasteiger partial charge on any atom is 0.331 e. The summed E-state index contributed by atoms with van der Waals surface area (Å²) in [5, 5.41) is 16.0. The first-order chi connectivity index (χ1) is 13.2. The molecule has 1 fully saturated rings. The lowest BCUT2D eigenvalue weighted by Gasteiger charge is -2.19. The fourth-order valence-electron chi connectivity index (χ4n) is 3.00. The van der Waals surface area contributed by atoms with Gasteiger partial charge in [-0.2, -0.15) is 5.10 Å². The van der Waals surface area contributed by atoms with Crippen LogP contribution in [0.25, 0.3) is 0 Å². The molecular weight excluding hydrogens is 364 g/mol. The number of carbonyl (C=O) groups excluding carboxylic acids is 2. The van der Waals surface area contributed by atoms with E-state index in [9.17, 15) is 19.5 Å². The van der Waals surface area contributed by atoms with Gasteiger partial charge >= 0.3 is 5.97 Å². The molecule has 1 atom stereocenters. The molecule has 0 radical (unpaired) electrons. The van der Waals surface area contributed by atoms with Crippen LogP contribution in [0.1, 0.15) is 20.3 Å². The summed E-state index contributed by atoms with van der Waals surface area (Å²) >= 11 is 0. The van der Waals surface area contributed by atoms with Crippen LogP contribution in [0.3, 0.4) is 0 Å². The lowest BCUT2D eigenvalue weighted by Crippen LogP contribution is -2.36. The number of ether oxygens (including phenoxy) is 1. The molecule has 1 aromatic heterocycles. The second-order valence-electron chi connectivity index (χ2n) is 7.10. The van der Waals surface area contributed by atoms with E-state index in [4.69, 9.17) is 4.74 Å². The lowest BCUT2D eigenvalue weighted by atomic mass is 10.1. The molecule has 1 aliphatic heterocycles. The second-order valence-corrected chi connectivity index (χ2v) is 7.10. The van der Waals surface area contributed by atoms with Gasteiger partial charge in [-0.05, 0) is 26.0 Å². The Kier molecular flexibility index (Phi) is 5.08. The van der Waals surface area contributed by atoms with Crippen molar-refractivity contribution in [3.63, 3.8) is 0 Å². The first kappa shape index (κ1) is 19.4. The van der Waals surface area contributed by atoms with Crippen LogP contribution in [0.15, 0.2) is 36.7 Å². The summed E-state index contributed by atoms with van der Waals surface area (Å²) in [6.45, 7) is 3.25. The van der Waals surface area contributed by atoms with E-state index < -0.39 is 17.4 Å². The third-order valence-corrected chi connectivity index (χ3v) is 4.82. The zero-order valence-electron chi connectivity index (χ0n) is 15.9. The molecule has 28 heavy (non-hydrogen) atoms. The van der Waals surface area contributed by atoms with Gasteiger partial charge in [0.1, 0.15) is 5.75 Å². The van der Waals surface area contributed by atoms with Crippen LogP contribution >= 0.6 is 0 Å². The molecule has 0 bridgehead atoms. The number of aliphatic carboxylic acids is 1. The van der Waals surface area contributed by atoms with Gasteiger partial charge in [0, 0.05) is 19.2 Å². The average molecular weight is 386 g/mol. The number of anilines is 2. The normalized spacial score (nSPS) is 16.9. The van der Waals surface area contributed by atoms with Crippen molar-refractivity contribution in [3.05, 3.63) is 36.7 Å². The maximum atomic E-state index is 12.6. The van der Waals surface area contributed by atoms with E-state index in [0.29, 0.717) is 17.1 Å². The summed E-state index contributed by atoms with van der Waals surface area (Å²) in [5.41, 5.74) is -0.240. The Morgan fingerprint density at radius 3 is 2.71 bits per heavy atom. The number of carbonyl (C=O) groups is 3. The topological polar surface area (TPSA) is 114 Å². The highest BCUT2D eigenvalue weighted by Gasteiger charge is 2.36. The summed E-state index contributed by atoms with van der Waals surface area (Å²) in [4.78, 5) is 37.9. The van der Waals surface area contributed by atoms with Crippen LogP contribution < -0.4 is 15.0 Å². The third kappa shape index (κ3) is 3.55. The quantitative estimate of drug-likeness (QED) is 0.781. The molecule has 2 aromatic rings. The highest BCUT2D eigenvalue weighted by atomic mass is 16.5. The van der Waals surface area contributed by atoms with Gasteiger partial charge in [0.2, 0.25) is 11.8 Å². The van der Waals surface area contributed by atoms with E-state index in [-0.39, 0.29) is 24.8 Å². The van der Waals surface area contributed by atoms with Gasteiger partial charge in [-0.25, -0.2) is 4.79 Å². The molecule has 3 rings (SSSR count). The van der Waals surface area contributed by atoms with Gasteiger partial charge in [-0.1, -0.05) is 12.1 Å². The van der Waals surface area contributed by atoms with E-state index in [1.807, 2.05) is 6.07 Å². The molecule has 2 heterocycles. The van der Waals surface area contributed by atoms with Crippen LogP contribution in [-0.2, 0) is 19.9 Å². The molecule has 2 amide bonds. The van der Waals surface area contributed by atoms with E-state index in [1.165, 1.54) is 38.0 Å². The first-order valence-corrected chi connectivity index (χ1v) is 8.77. The molecule has 1 unspecified atom stereocenters. The number of hydrogen-bond donors (Lipinski definition) is 2. The van der Waals surface area contributed by atoms with Gasteiger partial charge in [0.25, 0.3) is 0 Å². The van der Waals surface area contributed by atoms with Crippen molar-refractivity contribution in [1.29, 1.82) is 0 Å². The van der Waals surface area contributed by atoms with Crippen LogP contribution in [0, 0.1) is 5.92 Å². The Balaban J connectivity index is 1.70. The van der Waals surface area contributed by atoms with Gasteiger partial charge < -0.3 is 20.1 Å². The van der Waals surface area contributed by atoms with E-state index in [0.717, 1.165) is 0 Å². The molecule has 0 spiro atoms. The molecule has 1 aliphatic rings. The van der Waals surface area contributed by atoms with Crippen molar-refractivity contribution in [3.8, 4) is 5.75 Å². The van der Waals surface area contributed by atoms with Crippen molar-refractivity contribution in [2.24, 2.45) is 5.92 Å². The van der Waals surface area contributed by atoms with Crippen molar-refractivity contribution in [2.75, 3.05) is 23.9 Å². The summed E-state index contributed by atoms with van der Waals surface area (Å²) in [5.74, 6) is -1.49. The number of rotatable bonds is 6. The number of aromatic nitrogens is 2. The zero-order chi connectivity index (χ0) is 20.5. The van der Waals surface area contributed by atoms with E-state index in [1.54, 1.807) is 23.1 Å². The van der Waals surface area contributed by atoms with Crippen molar-refractivity contribution >= 4 is 29.2 Å². The van der Waals surface area contributed by atoms with Crippen LogP contribution in [0.5, 0.6) is 5.75 Å². The van der Waals surface area contributed by atoms with Gasteiger partial charge in [0.05, 0.1) is 30.6 Å². The highest BCUT2D eigenvalue weighted by molar-refractivity contribution is 6.04. The number of nitrogens with zero attached hydrogens (tertiary/aromatic N) is 3. The minimum Gasteiger partial charge on any atom is -0.495 e. The molecule has 1 saturated heterocycles. The lowest BCUT2D eigenvalue weighted by molar-refractivity contribution is -0.146. The largest absolute Gasteiger partial charge is 0.495 e. The van der Waals surface area contributed by atoms with E-state index in [2.05, 4.69) is 10.4 Å². The number of methoxy groups -OCH3 is 1. The predicted octanol–water partition coefficient (Wildman–Crippen LogP) is 1.70. The minimum atomic E-state index is -1.24.